The lowest BCUT2D eigenvalue weighted by atomic mass is 10.1. The van der Waals surface area contributed by atoms with Crippen LogP contribution in [0.15, 0.2) is 0 Å². The van der Waals surface area contributed by atoms with Crippen molar-refractivity contribution in [1.82, 2.24) is 10.2 Å². The van der Waals surface area contributed by atoms with Crippen molar-refractivity contribution >= 4 is 6.03 Å². The Bertz CT molecular complexity index is 295. The Kier molecular flexibility index (Phi) is 6.10. The first kappa shape index (κ1) is 15.6. The molecule has 5 heteroatoms. The minimum Gasteiger partial charge on any atom is -0.378 e. The first-order chi connectivity index (χ1) is 9.65. The van der Waals surface area contributed by atoms with Crippen LogP contribution in [-0.2, 0) is 9.47 Å². The van der Waals surface area contributed by atoms with Gasteiger partial charge in [-0.2, -0.15) is 0 Å². The molecule has 2 rings (SSSR count). The van der Waals surface area contributed by atoms with Crippen LogP contribution in [0.4, 0.5) is 4.79 Å². The fourth-order valence-corrected chi connectivity index (χ4v) is 2.67. The third-order valence-corrected chi connectivity index (χ3v) is 3.90. The summed E-state index contributed by atoms with van der Waals surface area (Å²) in [5.74, 6) is 0.572. The molecule has 1 N–H and O–H groups in total. The maximum atomic E-state index is 12.0. The summed E-state index contributed by atoms with van der Waals surface area (Å²) < 4.78 is 11.3. The zero-order chi connectivity index (χ0) is 14.4. The Morgan fingerprint density at radius 2 is 2.10 bits per heavy atom. The molecule has 0 unspecified atom stereocenters. The second kappa shape index (κ2) is 7.84. The minimum absolute atomic E-state index is 0.0443. The molecule has 20 heavy (non-hydrogen) atoms. The summed E-state index contributed by atoms with van der Waals surface area (Å²) in [6, 6.07) is 0.0443. The maximum absolute atomic E-state index is 12.0. The molecule has 0 aromatic carbocycles. The molecule has 2 aliphatic rings. The van der Waals surface area contributed by atoms with Crippen LogP contribution in [0.5, 0.6) is 0 Å². The number of rotatable bonds is 5. The standard InChI is InChI=1S/C15H28N2O3/c1-12(2)11-20-13-5-7-17(8-6-13)15(18)16-10-14-4-3-9-19-14/h12-14H,3-11H2,1-2H3,(H,16,18)/t14-/m0/s1. The molecule has 2 heterocycles. The third-order valence-electron chi connectivity index (χ3n) is 3.90. The molecular formula is C15H28N2O3. The van der Waals surface area contributed by atoms with Gasteiger partial charge in [0.1, 0.15) is 0 Å². The average molecular weight is 284 g/mol. The quantitative estimate of drug-likeness (QED) is 0.840. The van der Waals surface area contributed by atoms with E-state index in [1.807, 2.05) is 4.90 Å². The van der Waals surface area contributed by atoms with Crippen LogP contribution < -0.4 is 5.32 Å². The number of hydrogen-bond donors (Lipinski definition) is 1. The molecule has 0 saturated carbocycles. The summed E-state index contributed by atoms with van der Waals surface area (Å²) in [6.07, 6.45) is 4.59. The van der Waals surface area contributed by atoms with Gasteiger partial charge in [0.05, 0.1) is 12.2 Å². The molecular weight excluding hydrogens is 256 g/mol. The number of carbonyl (C=O) groups excluding carboxylic acids is 1. The molecule has 2 saturated heterocycles. The monoisotopic (exact) mass is 284 g/mol. The summed E-state index contributed by atoms with van der Waals surface area (Å²) in [7, 11) is 0. The largest absolute Gasteiger partial charge is 0.378 e. The van der Waals surface area contributed by atoms with Gasteiger partial charge in [0.15, 0.2) is 0 Å². The lowest BCUT2D eigenvalue weighted by Gasteiger charge is -2.32. The van der Waals surface area contributed by atoms with Crippen molar-refractivity contribution in [3.63, 3.8) is 0 Å². The number of nitrogens with zero attached hydrogens (tertiary/aromatic N) is 1. The van der Waals surface area contributed by atoms with Crippen LogP contribution >= 0.6 is 0 Å². The van der Waals surface area contributed by atoms with E-state index in [0.29, 0.717) is 18.6 Å². The van der Waals surface area contributed by atoms with Gasteiger partial charge in [-0.1, -0.05) is 13.8 Å². The molecule has 2 amide bonds. The van der Waals surface area contributed by atoms with Crippen LogP contribution in [0.2, 0.25) is 0 Å². The van der Waals surface area contributed by atoms with Crippen molar-refractivity contribution in [1.29, 1.82) is 0 Å². The van der Waals surface area contributed by atoms with E-state index >= 15 is 0 Å². The predicted octanol–water partition coefficient (Wildman–Crippen LogP) is 2.01. The molecule has 0 aromatic rings. The first-order valence-corrected chi connectivity index (χ1v) is 7.91. The van der Waals surface area contributed by atoms with Gasteiger partial charge in [0.2, 0.25) is 0 Å². The highest BCUT2D eigenvalue weighted by Crippen LogP contribution is 2.15. The lowest BCUT2D eigenvalue weighted by Crippen LogP contribution is -2.47. The van der Waals surface area contributed by atoms with E-state index in [1.54, 1.807) is 0 Å². The second-order valence-electron chi connectivity index (χ2n) is 6.23. The second-order valence-corrected chi connectivity index (χ2v) is 6.23. The van der Waals surface area contributed by atoms with Gasteiger partial charge in [-0.15, -0.1) is 0 Å². The molecule has 5 nitrogen and oxygen atoms in total. The van der Waals surface area contributed by atoms with Crippen molar-refractivity contribution in [3.8, 4) is 0 Å². The molecule has 0 bridgehead atoms. The fourth-order valence-electron chi connectivity index (χ4n) is 2.67. The fraction of sp³-hybridized carbons (Fsp3) is 0.933. The zero-order valence-corrected chi connectivity index (χ0v) is 12.8. The van der Waals surface area contributed by atoms with Crippen LogP contribution in [0.1, 0.15) is 39.5 Å². The van der Waals surface area contributed by atoms with Crippen LogP contribution in [0.25, 0.3) is 0 Å². The highest BCUT2D eigenvalue weighted by atomic mass is 16.5. The van der Waals surface area contributed by atoms with E-state index in [2.05, 4.69) is 19.2 Å². The highest BCUT2D eigenvalue weighted by Gasteiger charge is 2.24. The maximum Gasteiger partial charge on any atom is 0.317 e. The van der Waals surface area contributed by atoms with E-state index < -0.39 is 0 Å². The molecule has 0 aliphatic carbocycles. The number of urea groups is 1. The van der Waals surface area contributed by atoms with Gasteiger partial charge in [0, 0.05) is 32.8 Å². The van der Waals surface area contributed by atoms with Gasteiger partial charge in [-0.25, -0.2) is 4.79 Å². The molecule has 116 valence electrons. The summed E-state index contributed by atoms with van der Waals surface area (Å²) >= 11 is 0. The summed E-state index contributed by atoms with van der Waals surface area (Å²) in [5.41, 5.74) is 0. The van der Waals surface area contributed by atoms with Crippen molar-refractivity contribution in [2.24, 2.45) is 5.92 Å². The molecule has 0 radical (unpaired) electrons. The van der Waals surface area contributed by atoms with E-state index in [1.165, 1.54) is 0 Å². The third kappa shape index (κ3) is 4.94. The average Bonchev–Trinajstić information content (AvgIpc) is 2.96. The van der Waals surface area contributed by atoms with Crippen molar-refractivity contribution < 1.29 is 14.3 Å². The smallest absolute Gasteiger partial charge is 0.317 e. The Morgan fingerprint density at radius 1 is 1.35 bits per heavy atom. The van der Waals surface area contributed by atoms with E-state index in [9.17, 15) is 4.79 Å². The number of carbonyl (C=O) groups is 1. The summed E-state index contributed by atoms with van der Waals surface area (Å²) in [6.45, 7) is 8.19. The SMILES string of the molecule is CC(C)COC1CCN(C(=O)NC[C@@H]2CCCO2)CC1. The number of likely N-dealkylation sites (tertiary alicyclic amines) is 1. The highest BCUT2D eigenvalue weighted by molar-refractivity contribution is 5.74. The van der Waals surface area contributed by atoms with E-state index in [4.69, 9.17) is 9.47 Å². The molecule has 1 atom stereocenters. The normalized spacial score (nSPS) is 24.4. The first-order valence-electron chi connectivity index (χ1n) is 7.91. The number of nitrogens with one attached hydrogen (secondary N) is 1. The molecule has 0 aromatic heterocycles. The van der Waals surface area contributed by atoms with Gasteiger partial charge in [-0.05, 0) is 31.6 Å². The van der Waals surface area contributed by atoms with Gasteiger partial charge in [-0.3, -0.25) is 0 Å². The predicted molar refractivity (Wildman–Crippen MR) is 77.8 cm³/mol. The van der Waals surface area contributed by atoms with Crippen molar-refractivity contribution in [2.75, 3.05) is 32.8 Å². The Hall–Kier alpha value is -0.810. The summed E-state index contributed by atoms with van der Waals surface area (Å²) in [4.78, 5) is 13.9. The summed E-state index contributed by atoms with van der Waals surface area (Å²) in [5, 5.41) is 2.98. The number of piperidine rings is 1. The van der Waals surface area contributed by atoms with Crippen molar-refractivity contribution in [2.45, 2.75) is 51.7 Å². The van der Waals surface area contributed by atoms with Gasteiger partial charge < -0.3 is 19.7 Å². The van der Waals surface area contributed by atoms with Gasteiger partial charge >= 0.3 is 6.03 Å². The molecule has 0 spiro atoms. The molecule has 2 aliphatic heterocycles. The van der Waals surface area contributed by atoms with E-state index in [0.717, 1.165) is 52.0 Å². The Labute approximate surface area is 122 Å². The Morgan fingerprint density at radius 3 is 2.70 bits per heavy atom. The minimum atomic E-state index is 0.0443. The zero-order valence-electron chi connectivity index (χ0n) is 12.8. The van der Waals surface area contributed by atoms with Crippen LogP contribution in [-0.4, -0.2) is 56.0 Å². The van der Waals surface area contributed by atoms with Crippen molar-refractivity contribution in [3.05, 3.63) is 0 Å². The van der Waals surface area contributed by atoms with Crippen LogP contribution in [0, 0.1) is 5.92 Å². The number of ether oxygens (including phenoxy) is 2. The lowest BCUT2D eigenvalue weighted by molar-refractivity contribution is 0.00187. The van der Waals surface area contributed by atoms with Gasteiger partial charge in [0.25, 0.3) is 0 Å². The van der Waals surface area contributed by atoms with Crippen LogP contribution in [0.3, 0.4) is 0 Å². The number of amides is 2. The molecule has 2 fully saturated rings. The Balaban J connectivity index is 1.61. The number of hydrogen-bond acceptors (Lipinski definition) is 3. The van der Waals surface area contributed by atoms with E-state index in [-0.39, 0.29) is 12.1 Å². The topological polar surface area (TPSA) is 50.8 Å².